The van der Waals surface area contributed by atoms with Crippen molar-refractivity contribution in [2.75, 3.05) is 19.0 Å². The maximum atomic E-state index is 5.11. The fraction of sp³-hybridized carbons (Fsp3) is 0.417. The van der Waals surface area contributed by atoms with E-state index in [1.165, 1.54) is 4.88 Å². The Morgan fingerprint density at radius 1 is 1.33 bits per heavy atom. The van der Waals surface area contributed by atoms with Gasteiger partial charge < -0.3 is 10.1 Å². The zero-order chi connectivity index (χ0) is 13.0. The minimum Gasteiger partial charge on any atom is -0.467 e. The van der Waals surface area contributed by atoms with Crippen molar-refractivity contribution in [2.45, 2.75) is 20.3 Å². The van der Waals surface area contributed by atoms with Gasteiger partial charge in [0, 0.05) is 17.0 Å². The second kappa shape index (κ2) is 5.77. The van der Waals surface area contributed by atoms with Gasteiger partial charge >= 0.3 is 6.01 Å². The highest BCUT2D eigenvalue weighted by Gasteiger charge is 2.11. The minimum absolute atomic E-state index is 0.337. The van der Waals surface area contributed by atoms with E-state index in [2.05, 4.69) is 34.1 Å². The van der Waals surface area contributed by atoms with Gasteiger partial charge in [-0.15, -0.1) is 11.3 Å². The van der Waals surface area contributed by atoms with E-state index in [0.29, 0.717) is 17.8 Å². The molecule has 0 saturated heterocycles. The van der Waals surface area contributed by atoms with Crippen molar-refractivity contribution < 1.29 is 4.74 Å². The summed E-state index contributed by atoms with van der Waals surface area (Å²) in [6.07, 6.45) is 1.01. The van der Waals surface area contributed by atoms with Crippen LogP contribution in [0.15, 0.2) is 11.4 Å². The third-order valence-corrected chi connectivity index (χ3v) is 3.28. The number of hydrogen-bond acceptors (Lipinski definition) is 6. The lowest BCUT2D eigenvalue weighted by Crippen LogP contribution is -2.07. The zero-order valence-corrected chi connectivity index (χ0v) is 11.5. The van der Waals surface area contributed by atoms with Crippen LogP contribution in [-0.4, -0.2) is 28.6 Å². The molecule has 0 fully saturated rings. The zero-order valence-electron chi connectivity index (χ0n) is 10.7. The van der Waals surface area contributed by atoms with Crippen LogP contribution in [0.25, 0.3) is 11.4 Å². The molecule has 0 aliphatic heterocycles. The van der Waals surface area contributed by atoms with Gasteiger partial charge in [0.25, 0.3) is 0 Å². The summed E-state index contributed by atoms with van der Waals surface area (Å²) in [7, 11) is 1.56. The molecule has 5 nitrogen and oxygen atoms in total. The lowest BCUT2D eigenvalue weighted by molar-refractivity contribution is 0.379. The van der Waals surface area contributed by atoms with E-state index in [4.69, 9.17) is 4.74 Å². The molecule has 96 valence electrons. The maximum Gasteiger partial charge on any atom is 0.321 e. The molecule has 0 aliphatic carbocycles. The summed E-state index contributed by atoms with van der Waals surface area (Å²) in [6, 6.07) is 2.35. The van der Waals surface area contributed by atoms with Gasteiger partial charge in [-0.1, -0.05) is 6.92 Å². The van der Waals surface area contributed by atoms with Gasteiger partial charge in [-0.05, 0) is 24.8 Å². The molecule has 0 bridgehead atoms. The number of methoxy groups -OCH3 is 1. The molecule has 0 radical (unpaired) electrons. The summed E-state index contributed by atoms with van der Waals surface area (Å²) < 4.78 is 5.11. The fourth-order valence-corrected chi connectivity index (χ4v) is 2.20. The van der Waals surface area contributed by atoms with E-state index in [-0.39, 0.29) is 0 Å². The molecule has 18 heavy (non-hydrogen) atoms. The van der Waals surface area contributed by atoms with Gasteiger partial charge in [0.05, 0.1) is 7.11 Å². The number of ether oxygens (including phenoxy) is 1. The van der Waals surface area contributed by atoms with Gasteiger partial charge in [0.2, 0.25) is 5.95 Å². The molecule has 2 rings (SSSR count). The number of nitrogens with one attached hydrogen (secondary N) is 1. The normalized spacial score (nSPS) is 10.4. The minimum atomic E-state index is 0.337. The SMILES string of the molecule is CCCNc1nc(OC)nc(-c2ccsc2C)n1. The van der Waals surface area contributed by atoms with Crippen LogP contribution in [0, 0.1) is 6.92 Å². The number of thiophene rings is 1. The number of anilines is 1. The van der Waals surface area contributed by atoms with E-state index in [1.807, 2.05) is 11.4 Å². The summed E-state index contributed by atoms with van der Waals surface area (Å²) >= 11 is 1.67. The summed E-state index contributed by atoms with van der Waals surface area (Å²) in [5.41, 5.74) is 1.03. The Morgan fingerprint density at radius 3 is 2.78 bits per heavy atom. The lowest BCUT2D eigenvalue weighted by Gasteiger charge is -2.07. The number of aromatic nitrogens is 3. The van der Waals surface area contributed by atoms with Crippen LogP contribution in [0.5, 0.6) is 6.01 Å². The summed E-state index contributed by atoms with van der Waals surface area (Å²) in [4.78, 5) is 14.1. The topological polar surface area (TPSA) is 59.9 Å². The Morgan fingerprint density at radius 2 is 2.17 bits per heavy atom. The van der Waals surface area contributed by atoms with Crippen molar-refractivity contribution in [3.8, 4) is 17.4 Å². The molecule has 0 aromatic carbocycles. The molecular weight excluding hydrogens is 248 g/mol. The van der Waals surface area contributed by atoms with Crippen LogP contribution in [0.4, 0.5) is 5.95 Å². The van der Waals surface area contributed by atoms with Crippen LogP contribution in [0.1, 0.15) is 18.2 Å². The van der Waals surface area contributed by atoms with Crippen LogP contribution in [0.3, 0.4) is 0 Å². The summed E-state index contributed by atoms with van der Waals surface area (Å²) in [6.45, 7) is 4.97. The third-order valence-electron chi connectivity index (χ3n) is 2.43. The Kier molecular flexibility index (Phi) is 4.09. The summed E-state index contributed by atoms with van der Waals surface area (Å²) in [5.74, 6) is 1.21. The van der Waals surface area contributed by atoms with Crippen LogP contribution >= 0.6 is 11.3 Å². The van der Waals surface area contributed by atoms with E-state index in [9.17, 15) is 0 Å². The van der Waals surface area contributed by atoms with Crippen LogP contribution in [-0.2, 0) is 0 Å². The first-order valence-electron chi connectivity index (χ1n) is 5.83. The van der Waals surface area contributed by atoms with Crippen molar-refractivity contribution in [1.29, 1.82) is 0 Å². The second-order valence-corrected chi connectivity index (χ2v) is 4.91. The molecule has 2 heterocycles. The Labute approximate surface area is 110 Å². The highest BCUT2D eigenvalue weighted by molar-refractivity contribution is 7.10. The van der Waals surface area contributed by atoms with Gasteiger partial charge in [-0.3, -0.25) is 0 Å². The largest absolute Gasteiger partial charge is 0.467 e. The van der Waals surface area contributed by atoms with Crippen LogP contribution < -0.4 is 10.1 Å². The predicted molar refractivity (Wildman–Crippen MR) is 73.2 cm³/mol. The van der Waals surface area contributed by atoms with Gasteiger partial charge in [-0.25, -0.2) is 0 Å². The van der Waals surface area contributed by atoms with E-state index >= 15 is 0 Å². The van der Waals surface area contributed by atoms with Crippen molar-refractivity contribution >= 4 is 17.3 Å². The molecular formula is C12H16N4OS. The van der Waals surface area contributed by atoms with Crippen LogP contribution in [0.2, 0.25) is 0 Å². The fourth-order valence-electron chi connectivity index (χ4n) is 1.50. The predicted octanol–water partition coefficient (Wildman–Crippen LogP) is 2.74. The molecule has 0 atom stereocenters. The molecule has 0 amide bonds. The maximum absolute atomic E-state index is 5.11. The lowest BCUT2D eigenvalue weighted by atomic mass is 10.2. The Bertz CT molecular complexity index is 527. The van der Waals surface area contributed by atoms with Gasteiger partial charge in [0.1, 0.15) is 0 Å². The molecule has 2 aromatic heterocycles. The molecule has 0 spiro atoms. The highest BCUT2D eigenvalue weighted by atomic mass is 32.1. The molecule has 1 N–H and O–H groups in total. The average molecular weight is 264 g/mol. The van der Waals surface area contributed by atoms with E-state index < -0.39 is 0 Å². The highest BCUT2D eigenvalue weighted by Crippen LogP contribution is 2.26. The first kappa shape index (κ1) is 12.8. The van der Waals surface area contributed by atoms with Gasteiger partial charge in [0.15, 0.2) is 5.82 Å². The Hall–Kier alpha value is -1.69. The number of rotatable bonds is 5. The van der Waals surface area contributed by atoms with Crippen molar-refractivity contribution in [1.82, 2.24) is 15.0 Å². The van der Waals surface area contributed by atoms with Crippen molar-refractivity contribution in [2.24, 2.45) is 0 Å². The smallest absolute Gasteiger partial charge is 0.321 e. The van der Waals surface area contributed by atoms with E-state index in [1.54, 1.807) is 18.4 Å². The second-order valence-electron chi connectivity index (χ2n) is 3.79. The first-order chi connectivity index (χ1) is 8.74. The molecule has 6 heteroatoms. The number of nitrogens with zero attached hydrogens (tertiary/aromatic N) is 3. The molecule has 2 aromatic rings. The number of aryl methyl sites for hydroxylation is 1. The quantitative estimate of drug-likeness (QED) is 0.899. The average Bonchev–Trinajstić information content (AvgIpc) is 2.82. The molecule has 0 aliphatic rings. The monoisotopic (exact) mass is 264 g/mol. The third kappa shape index (κ3) is 2.76. The van der Waals surface area contributed by atoms with Gasteiger partial charge in [-0.2, -0.15) is 15.0 Å². The molecule has 0 saturated carbocycles. The first-order valence-corrected chi connectivity index (χ1v) is 6.71. The Balaban J connectivity index is 2.38. The van der Waals surface area contributed by atoms with Crippen molar-refractivity contribution in [3.05, 3.63) is 16.3 Å². The van der Waals surface area contributed by atoms with Crippen molar-refractivity contribution in [3.63, 3.8) is 0 Å². The molecule has 0 unspecified atom stereocenters. The standard InChI is InChI=1S/C12H16N4OS/c1-4-6-13-11-14-10(15-12(16-11)17-3)9-5-7-18-8(9)2/h5,7H,4,6H2,1-3H3,(H,13,14,15,16). The van der Waals surface area contributed by atoms with E-state index in [0.717, 1.165) is 18.5 Å². The summed E-state index contributed by atoms with van der Waals surface area (Å²) in [5, 5.41) is 5.18. The number of hydrogen-bond donors (Lipinski definition) is 1.